The van der Waals surface area contributed by atoms with E-state index in [1.54, 1.807) is 0 Å². The summed E-state index contributed by atoms with van der Waals surface area (Å²) in [4.78, 5) is 15.5. The minimum Gasteiger partial charge on any atom is -0.399 e. The molecule has 0 atom stereocenters. The first-order chi connectivity index (χ1) is 41.6. The van der Waals surface area contributed by atoms with Gasteiger partial charge in [0.1, 0.15) is 0 Å². The minimum absolute atomic E-state index is 0.765. The van der Waals surface area contributed by atoms with Crippen molar-refractivity contribution in [3.63, 3.8) is 0 Å². The summed E-state index contributed by atoms with van der Waals surface area (Å²) in [6.45, 7) is 25.3. The van der Waals surface area contributed by atoms with Gasteiger partial charge in [0, 0.05) is 52.0 Å². The van der Waals surface area contributed by atoms with E-state index in [4.69, 9.17) is 42.9 Å². The Morgan fingerprint density at radius 1 is 0.230 bits per heavy atom. The molecule has 3 aliphatic rings. The molecule has 3 aromatic heterocycles. The zero-order chi connectivity index (χ0) is 60.7. The Morgan fingerprint density at radius 2 is 0.437 bits per heavy atom. The van der Waals surface area contributed by atoms with E-state index in [0.29, 0.717) is 0 Å². The maximum absolute atomic E-state index is 7.56. The van der Waals surface area contributed by atoms with E-state index in [-0.39, 0.29) is 0 Å². The molecule has 0 bridgehead atoms. The zero-order valence-electron chi connectivity index (χ0n) is 51.8. The molecular weight excluding hydrogens is 1070 g/mol. The Morgan fingerprint density at radius 3 is 0.644 bits per heavy atom. The molecule has 432 valence electrons. The summed E-state index contributed by atoms with van der Waals surface area (Å²) in [6.07, 6.45) is 5.94. The summed E-state index contributed by atoms with van der Waals surface area (Å²) < 4.78 is 45.4. The first-order valence-corrected chi connectivity index (χ1v) is 30.3. The summed E-state index contributed by atoms with van der Waals surface area (Å²) in [7, 11) is -2.96. The highest BCUT2D eigenvalue weighted by molar-refractivity contribution is 6.77. The summed E-state index contributed by atoms with van der Waals surface area (Å²) in [5, 5.41) is 0. The molecule has 10 aromatic rings. The molecule has 0 unspecified atom stereocenters. The van der Waals surface area contributed by atoms with Gasteiger partial charge in [-0.05, 0) is 168 Å². The third-order valence-electron chi connectivity index (χ3n) is 19.1. The minimum atomic E-state index is -0.986. The first kappa shape index (κ1) is 58.0. The van der Waals surface area contributed by atoms with Crippen LogP contribution in [0.4, 0.5) is 0 Å². The van der Waals surface area contributed by atoms with Crippen LogP contribution >= 0.6 is 0 Å². The van der Waals surface area contributed by atoms with E-state index in [0.717, 1.165) is 117 Å². The van der Waals surface area contributed by atoms with Gasteiger partial charge < -0.3 is 27.9 Å². The lowest BCUT2D eigenvalue weighted by atomic mass is 9.54. The number of nitrogens with zero attached hydrogens (tertiary/aromatic N) is 3. The molecule has 0 saturated carbocycles. The molecular formula is C75H72B3N3O6. The number of hydrogen-bond donors (Lipinski definition) is 0. The van der Waals surface area contributed by atoms with Crippen LogP contribution in [0, 0.1) is 0 Å². The average Bonchev–Trinajstić information content (AvgIpc) is 1.68. The van der Waals surface area contributed by atoms with Crippen molar-refractivity contribution in [1.29, 1.82) is 0 Å². The summed E-state index contributed by atoms with van der Waals surface area (Å²) >= 11 is 0. The number of pyridine rings is 3. The summed E-state index contributed by atoms with van der Waals surface area (Å²) in [5.41, 5.74) is 13.9. The maximum atomic E-state index is 7.56. The lowest BCUT2D eigenvalue weighted by molar-refractivity contribution is 0.00578. The van der Waals surface area contributed by atoms with Crippen LogP contribution in [0.2, 0.25) is 0 Å². The van der Waals surface area contributed by atoms with Crippen LogP contribution in [0.15, 0.2) is 219 Å². The molecule has 0 spiro atoms. The molecule has 7 aromatic carbocycles. The van der Waals surface area contributed by atoms with E-state index in [1.165, 1.54) is 0 Å². The van der Waals surface area contributed by atoms with Crippen LogP contribution in [-0.4, -0.2) is 69.9 Å². The standard InChI is InChI=1S/C75H72B3N3O6/c1-70(2)71(3,4)83-76(82-70)67-64(58-37-25-22-34-55(58)52-40-43-61(79-46-52)49-28-16-13-17-29-49)68(77-84-72(5,6)73(7,8)85-77)66(60-39-27-24-36-57(60)54-42-45-63(81-48-54)51-32-20-15-21-33-51)69(78-86-74(9,10)75(11,12)87-78)65(67)59-38-26-23-35-56(59)53-41-44-62(80-47-53)50-30-18-14-19-31-50/h13-48H,1-12H3. The summed E-state index contributed by atoms with van der Waals surface area (Å²) in [6, 6.07) is 69.4. The first-order valence-electron chi connectivity index (χ1n) is 30.3. The second kappa shape index (κ2) is 22.0. The SMILES string of the molecule is CC1(C)OB(c2c(-c3ccccc3-c3ccc(-c4ccccc4)nc3)c(B3OC(C)(C)C(C)(C)O3)c(-c3ccccc3-c3ccc(-c4ccccc4)nc3)c(B3OC(C)(C)C(C)(C)O3)c2-c2ccccc2-c2ccc(-c3ccccc3)nc2)OC1(C)C. The molecule has 0 radical (unpaired) electrons. The van der Waals surface area contributed by atoms with Crippen LogP contribution in [0.25, 0.3) is 101 Å². The van der Waals surface area contributed by atoms with Crippen molar-refractivity contribution in [3.05, 3.63) is 219 Å². The molecule has 3 saturated heterocycles. The van der Waals surface area contributed by atoms with E-state index in [1.807, 2.05) is 73.2 Å². The quantitative estimate of drug-likeness (QED) is 0.111. The van der Waals surface area contributed by atoms with Gasteiger partial charge in [0.2, 0.25) is 0 Å². The van der Waals surface area contributed by atoms with E-state index < -0.39 is 55.0 Å². The molecule has 9 nitrogen and oxygen atoms in total. The van der Waals surface area contributed by atoms with Crippen LogP contribution in [0.5, 0.6) is 0 Å². The second-order valence-corrected chi connectivity index (χ2v) is 26.2. The molecule has 12 heteroatoms. The molecule has 3 fully saturated rings. The van der Waals surface area contributed by atoms with Gasteiger partial charge in [0.05, 0.1) is 50.7 Å². The van der Waals surface area contributed by atoms with Gasteiger partial charge in [-0.3, -0.25) is 15.0 Å². The van der Waals surface area contributed by atoms with Crippen molar-refractivity contribution < 1.29 is 27.9 Å². The second-order valence-electron chi connectivity index (χ2n) is 26.2. The van der Waals surface area contributed by atoms with Crippen LogP contribution < -0.4 is 16.4 Å². The zero-order valence-corrected chi connectivity index (χ0v) is 51.8. The van der Waals surface area contributed by atoms with Gasteiger partial charge in [0.15, 0.2) is 0 Å². The monoisotopic (exact) mass is 1140 g/mol. The van der Waals surface area contributed by atoms with E-state index >= 15 is 0 Å². The smallest absolute Gasteiger partial charge is 0.399 e. The number of hydrogen-bond acceptors (Lipinski definition) is 9. The average molecular weight is 1140 g/mol. The third kappa shape index (κ3) is 10.4. The topological polar surface area (TPSA) is 94.1 Å². The van der Waals surface area contributed by atoms with Crippen molar-refractivity contribution in [3.8, 4) is 101 Å². The Balaban J connectivity index is 1.22. The van der Waals surface area contributed by atoms with Gasteiger partial charge >= 0.3 is 21.4 Å². The van der Waals surface area contributed by atoms with Crippen molar-refractivity contribution in [1.82, 2.24) is 15.0 Å². The molecule has 0 amide bonds. The van der Waals surface area contributed by atoms with Crippen LogP contribution in [-0.2, 0) is 27.9 Å². The highest BCUT2D eigenvalue weighted by Gasteiger charge is 2.60. The Hall–Kier alpha value is -8.06. The Kier molecular flexibility index (Phi) is 14.6. The molecule has 3 aliphatic heterocycles. The number of aromatic nitrogens is 3. The van der Waals surface area contributed by atoms with Crippen molar-refractivity contribution in [2.75, 3.05) is 0 Å². The fourth-order valence-electron chi connectivity index (χ4n) is 12.1. The largest absolute Gasteiger partial charge is 0.496 e. The molecule has 0 N–H and O–H groups in total. The van der Waals surface area contributed by atoms with Crippen LogP contribution in [0.1, 0.15) is 83.1 Å². The lowest BCUT2D eigenvalue weighted by Gasteiger charge is -2.32. The molecule has 0 aliphatic carbocycles. The van der Waals surface area contributed by atoms with Gasteiger partial charge in [-0.15, -0.1) is 0 Å². The fraction of sp³-hybridized carbons (Fsp3) is 0.240. The van der Waals surface area contributed by atoms with Crippen molar-refractivity contribution in [2.24, 2.45) is 0 Å². The fourth-order valence-corrected chi connectivity index (χ4v) is 12.1. The van der Waals surface area contributed by atoms with Crippen LogP contribution in [0.3, 0.4) is 0 Å². The summed E-state index contributed by atoms with van der Waals surface area (Å²) in [5.74, 6) is 0. The van der Waals surface area contributed by atoms with Gasteiger partial charge in [-0.25, -0.2) is 0 Å². The third-order valence-corrected chi connectivity index (χ3v) is 19.1. The van der Waals surface area contributed by atoms with Gasteiger partial charge in [-0.1, -0.05) is 182 Å². The molecule has 6 heterocycles. The van der Waals surface area contributed by atoms with Gasteiger partial charge in [0.25, 0.3) is 0 Å². The highest BCUT2D eigenvalue weighted by atomic mass is 16.7. The molecule has 87 heavy (non-hydrogen) atoms. The normalized spacial score (nSPS) is 17.9. The predicted molar refractivity (Wildman–Crippen MR) is 356 cm³/mol. The van der Waals surface area contributed by atoms with Crippen molar-refractivity contribution in [2.45, 2.75) is 117 Å². The predicted octanol–water partition coefficient (Wildman–Crippen LogP) is 15.8. The van der Waals surface area contributed by atoms with Gasteiger partial charge in [-0.2, -0.15) is 0 Å². The van der Waals surface area contributed by atoms with E-state index in [9.17, 15) is 0 Å². The number of rotatable bonds is 12. The Labute approximate surface area is 514 Å². The lowest BCUT2D eigenvalue weighted by Crippen LogP contribution is -2.53. The highest BCUT2D eigenvalue weighted by Crippen LogP contribution is 2.48. The molecule has 13 rings (SSSR count). The number of benzene rings is 7. The van der Waals surface area contributed by atoms with E-state index in [2.05, 4.69) is 229 Å². The Bertz CT molecular complexity index is 3680. The van der Waals surface area contributed by atoms with Crippen molar-refractivity contribution >= 4 is 37.7 Å². The maximum Gasteiger partial charge on any atom is 0.496 e.